The van der Waals surface area contributed by atoms with Gasteiger partial charge in [0.05, 0.1) is 16.5 Å². The molecular formula is C16H18N6O5S. The predicted molar refractivity (Wildman–Crippen MR) is 101 cm³/mol. The number of nitro groups is 1. The number of oxazole rings is 1. The minimum absolute atomic E-state index is 0.145. The van der Waals surface area contributed by atoms with Crippen LogP contribution in [0.25, 0.3) is 11.1 Å². The lowest BCUT2D eigenvalue weighted by Crippen LogP contribution is -2.26. The number of non-ortho nitro benzene ring substituents is 1. The number of benzene rings is 1. The molecule has 11 nitrogen and oxygen atoms in total. The number of H-pyrrole nitrogens is 1. The van der Waals surface area contributed by atoms with E-state index in [4.69, 9.17) is 16.6 Å². The SMILES string of the molecule is Cn1c(CCNC(=O)CCCn2c(=O)oc3cc([N+](=O)[O-])ccc32)n[nH]c1=S. The number of aromatic nitrogens is 4. The molecule has 0 radical (unpaired) electrons. The third-order valence-corrected chi connectivity index (χ3v) is 4.66. The average Bonchev–Trinajstić information content (AvgIpc) is 3.14. The third-order valence-electron chi connectivity index (χ3n) is 4.29. The molecule has 0 aliphatic heterocycles. The average molecular weight is 406 g/mol. The Morgan fingerprint density at radius 3 is 2.93 bits per heavy atom. The maximum Gasteiger partial charge on any atom is 0.419 e. The lowest BCUT2D eigenvalue weighted by Gasteiger charge is -2.05. The van der Waals surface area contributed by atoms with Gasteiger partial charge < -0.3 is 14.3 Å². The molecule has 28 heavy (non-hydrogen) atoms. The van der Waals surface area contributed by atoms with Crippen LogP contribution in [0.1, 0.15) is 18.7 Å². The molecule has 0 aliphatic rings. The molecule has 12 heteroatoms. The van der Waals surface area contributed by atoms with Crippen molar-refractivity contribution in [3.63, 3.8) is 0 Å². The Morgan fingerprint density at radius 1 is 1.46 bits per heavy atom. The van der Waals surface area contributed by atoms with E-state index in [0.29, 0.717) is 29.7 Å². The van der Waals surface area contributed by atoms with E-state index >= 15 is 0 Å². The Hall–Kier alpha value is -3.28. The van der Waals surface area contributed by atoms with Gasteiger partial charge in [0.15, 0.2) is 10.4 Å². The molecule has 0 atom stereocenters. The summed E-state index contributed by atoms with van der Waals surface area (Å²) in [5, 5.41) is 20.3. The Balaban J connectivity index is 1.52. The molecule has 0 spiro atoms. The van der Waals surface area contributed by atoms with Crippen LogP contribution in [0.4, 0.5) is 5.69 Å². The summed E-state index contributed by atoms with van der Waals surface area (Å²) in [7, 11) is 1.80. The Labute approximate surface area is 163 Å². The first-order valence-corrected chi connectivity index (χ1v) is 8.92. The second-order valence-electron chi connectivity index (χ2n) is 6.14. The third kappa shape index (κ3) is 4.17. The second-order valence-corrected chi connectivity index (χ2v) is 6.52. The molecule has 0 aliphatic carbocycles. The molecule has 1 amide bonds. The van der Waals surface area contributed by atoms with E-state index in [9.17, 15) is 19.7 Å². The highest BCUT2D eigenvalue weighted by molar-refractivity contribution is 7.71. The number of nitrogens with zero attached hydrogens (tertiary/aromatic N) is 4. The lowest BCUT2D eigenvalue weighted by molar-refractivity contribution is -0.384. The van der Waals surface area contributed by atoms with Gasteiger partial charge >= 0.3 is 5.76 Å². The first-order chi connectivity index (χ1) is 13.4. The van der Waals surface area contributed by atoms with Crippen molar-refractivity contribution in [2.45, 2.75) is 25.8 Å². The molecule has 0 saturated heterocycles. The molecular weight excluding hydrogens is 388 g/mol. The van der Waals surface area contributed by atoms with Gasteiger partial charge in [-0.3, -0.25) is 24.6 Å². The highest BCUT2D eigenvalue weighted by Crippen LogP contribution is 2.20. The van der Waals surface area contributed by atoms with Crippen LogP contribution in [0, 0.1) is 14.9 Å². The van der Waals surface area contributed by atoms with Gasteiger partial charge in [-0.2, -0.15) is 5.10 Å². The zero-order chi connectivity index (χ0) is 20.3. The molecule has 3 rings (SSSR count). The summed E-state index contributed by atoms with van der Waals surface area (Å²) >= 11 is 5.03. The fourth-order valence-corrected chi connectivity index (χ4v) is 2.93. The first-order valence-electron chi connectivity index (χ1n) is 8.51. The molecule has 2 heterocycles. The van der Waals surface area contributed by atoms with Crippen LogP contribution >= 0.6 is 12.2 Å². The molecule has 1 aromatic carbocycles. The van der Waals surface area contributed by atoms with Crippen molar-refractivity contribution in [3.05, 3.63) is 49.5 Å². The fourth-order valence-electron chi connectivity index (χ4n) is 2.78. The number of aryl methyl sites for hydroxylation is 1. The number of hydrogen-bond donors (Lipinski definition) is 2. The van der Waals surface area contributed by atoms with Gasteiger partial charge in [-0.15, -0.1) is 0 Å². The number of amides is 1. The largest absolute Gasteiger partial charge is 0.419 e. The number of nitro benzene ring substituents is 1. The van der Waals surface area contributed by atoms with Crippen LogP contribution in [0.3, 0.4) is 0 Å². The summed E-state index contributed by atoms with van der Waals surface area (Å²) in [6, 6.07) is 3.99. The summed E-state index contributed by atoms with van der Waals surface area (Å²) < 4.78 is 8.67. The smallest absolute Gasteiger partial charge is 0.407 e. The molecule has 0 bridgehead atoms. The first kappa shape index (κ1) is 19.5. The number of carbonyl (C=O) groups excluding carboxylic acids is 1. The highest BCUT2D eigenvalue weighted by Gasteiger charge is 2.14. The van der Waals surface area contributed by atoms with Gasteiger partial charge in [-0.05, 0) is 24.7 Å². The van der Waals surface area contributed by atoms with E-state index < -0.39 is 10.7 Å². The second kappa shape index (κ2) is 8.17. The van der Waals surface area contributed by atoms with Gasteiger partial charge in [0, 0.05) is 39.0 Å². The summed E-state index contributed by atoms with van der Waals surface area (Å²) in [6.07, 6.45) is 1.19. The van der Waals surface area contributed by atoms with E-state index in [1.54, 1.807) is 11.6 Å². The molecule has 0 unspecified atom stereocenters. The number of hydrogen-bond acceptors (Lipinski definition) is 7. The molecule has 3 aromatic rings. The van der Waals surface area contributed by atoms with E-state index in [1.807, 2.05) is 0 Å². The van der Waals surface area contributed by atoms with Gasteiger partial charge in [0.1, 0.15) is 5.82 Å². The zero-order valence-electron chi connectivity index (χ0n) is 15.0. The number of aromatic amines is 1. The van der Waals surface area contributed by atoms with Crippen LogP contribution < -0.4 is 11.1 Å². The Kier molecular flexibility index (Phi) is 5.68. The van der Waals surface area contributed by atoms with Crippen LogP contribution in [0.2, 0.25) is 0 Å². The van der Waals surface area contributed by atoms with Crippen molar-refractivity contribution in [1.82, 2.24) is 24.6 Å². The monoisotopic (exact) mass is 406 g/mol. The number of rotatable bonds is 8. The molecule has 2 aromatic heterocycles. The van der Waals surface area contributed by atoms with Crippen molar-refractivity contribution in [2.24, 2.45) is 7.05 Å². The maximum absolute atomic E-state index is 12.0. The summed E-state index contributed by atoms with van der Waals surface area (Å²) in [5.74, 6) is -0.00857. The van der Waals surface area contributed by atoms with Crippen LogP contribution in [0.15, 0.2) is 27.4 Å². The Morgan fingerprint density at radius 2 is 2.25 bits per heavy atom. The van der Waals surface area contributed by atoms with E-state index in [-0.39, 0.29) is 30.1 Å². The van der Waals surface area contributed by atoms with E-state index in [2.05, 4.69) is 15.5 Å². The van der Waals surface area contributed by atoms with E-state index in [1.165, 1.54) is 22.8 Å². The zero-order valence-corrected chi connectivity index (χ0v) is 15.8. The van der Waals surface area contributed by atoms with Crippen LogP contribution in [-0.4, -0.2) is 36.7 Å². The van der Waals surface area contributed by atoms with Crippen molar-refractivity contribution in [1.29, 1.82) is 0 Å². The number of nitrogens with one attached hydrogen (secondary N) is 2. The Bertz CT molecular complexity index is 1140. The van der Waals surface area contributed by atoms with Crippen molar-refractivity contribution in [2.75, 3.05) is 6.54 Å². The fraction of sp³-hybridized carbons (Fsp3) is 0.375. The molecule has 0 fully saturated rings. The van der Waals surface area contributed by atoms with Gasteiger partial charge in [-0.1, -0.05) is 0 Å². The van der Waals surface area contributed by atoms with Gasteiger partial charge in [0.2, 0.25) is 5.91 Å². The standard InChI is InChI=1S/C16H18N6O5S/c1-20-13(18-19-15(20)28)6-7-17-14(23)3-2-8-21-11-5-4-10(22(25)26)9-12(11)27-16(21)24/h4-5,9H,2-3,6-8H2,1H3,(H,17,23)(H,19,28). The molecule has 2 N–H and O–H groups in total. The van der Waals surface area contributed by atoms with Crippen molar-refractivity contribution in [3.8, 4) is 0 Å². The minimum Gasteiger partial charge on any atom is -0.407 e. The number of fused-ring (bicyclic) bond motifs is 1. The maximum atomic E-state index is 12.0. The van der Waals surface area contributed by atoms with Gasteiger partial charge in [-0.25, -0.2) is 4.79 Å². The summed E-state index contributed by atoms with van der Waals surface area (Å²) in [4.78, 5) is 34.2. The van der Waals surface area contributed by atoms with Gasteiger partial charge in [0.25, 0.3) is 5.69 Å². The molecule has 148 valence electrons. The highest BCUT2D eigenvalue weighted by atomic mass is 32.1. The lowest BCUT2D eigenvalue weighted by atomic mass is 10.2. The summed E-state index contributed by atoms with van der Waals surface area (Å²) in [6.45, 7) is 0.690. The quantitative estimate of drug-likeness (QED) is 0.327. The number of carbonyl (C=O) groups is 1. The molecule has 0 saturated carbocycles. The predicted octanol–water partition coefficient (Wildman–Crippen LogP) is 1.43. The summed E-state index contributed by atoms with van der Waals surface area (Å²) in [5.41, 5.74) is 0.458. The topological polar surface area (TPSA) is 141 Å². The minimum atomic E-state index is -0.610. The normalized spacial score (nSPS) is 11.0. The van der Waals surface area contributed by atoms with Crippen molar-refractivity contribution >= 4 is 34.9 Å². The van der Waals surface area contributed by atoms with Crippen molar-refractivity contribution < 1.29 is 14.1 Å². The van der Waals surface area contributed by atoms with Crippen LogP contribution in [-0.2, 0) is 24.8 Å². The van der Waals surface area contributed by atoms with Crippen LogP contribution in [0.5, 0.6) is 0 Å². The van der Waals surface area contributed by atoms with E-state index in [0.717, 1.165) is 5.82 Å².